The molecule has 0 aliphatic carbocycles. The molecule has 0 atom stereocenters. The zero-order chi connectivity index (χ0) is 20.2. The third-order valence-corrected chi connectivity index (χ3v) is 4.51. The number of benzene rings is 2. The van der Waals surface area contributed by atoms with Crippen molar-refractivity contribution >= 4 is 11.8 Å². The Morgan fingerprint density at radius 3 is 2.45 bits per heavy atom. The molecule has 0 radical (unpaired) electrons. The van der Waals surface area contributed by atoms with E-state index >= 15 is 0 Å². The molecule has 144 valence electrons. The number of rotatable bonds is 6. The number of ketones is 1. The predicted octanol–water partition coefficient (Wildman–Crippen LogP) is 4.22. The molecular formula is C23H19N3O3. The maximum atomic E-state index is 12.8. The molecule has 0 spiro atoms. The highest BCUT2D eigenvalue weighted by Crippen LogP contribution is 2.25. The Kier molecular flexibility index (Phi) is 5.07. The van der Waals surface area contributed by atoms with Gasteiger partial charge in [0, 0.05) is 18.0 Å². The number of aromatic nitrogens is 3. The van der Waals surface area contributed by atoms with Crippen molar-refractivity contribution in [3.05, 3.63) is 95.9 Å². The number of para-hydroxylation sites is 1. The van der Waals surface area contributed by atoms with Crippen molar-refractivity contribution in [2.75, 3.05) is 6.61 Å². The third-order valence-electron chi connectivity index (χ3n) is 4.51. The molecule has 4 aromatic rings. The van der Waals surface area contributed by atoms with Crippen LogP contribution in [-0.4, -0.2) is 33.1 Å². The zero-order valence-corrected chi connectivity index (χ0v) is 15.8. The summed E-state index contributed by atoms with van der Waals surface area (Å²) in [5.74, 6) is -0.890. The minimum atomic E-state index is -0.595. The van der Waals surface area contributed by atoms with Crippen molar-refractivity contribution in [1.82, 2.24) is 14.8 Å². The van der Waals surface area contributed by atoms with Gasteiger partial charge in [-0.3, -0.25) is 4.79 Å². The van der Waals surface area contributed by atoms with Crippen molar-refractivity contribution < 1.29 is 14.3 Å². The van der Waals surface area contributed by atoms with Crippen molar-refractivity contribution in [2.24, 2.45) is 0 Å². The number of Topliss-reactive ketones (excluding diaryl/α,β-unsaturated/α-hetero) is 1. The molecular weight excluding hydrogens is 366 g/mol. The fraction of sp³-hybridized carbons (Fsp3) is 0.0870. The second kappa shape index (κ2) is 7.98. The van der Waals surface area contributed by atoms with Gasteiger partial charge in [-0.05, 0) is 31.2 Å². The van der Waals surface area contributed by atoms with E-state index in [4.69, 9.17) is 4.74 Å². The molecule has 4 rings (SSSR count). The van der Waals surface area contributed by atoms with Crippen LogP contribution in [0.1, 0.15) is 26.4 Å². The third kappa shape index (κ3) is 4.01. The fourth-order valence-corrected chi connectivity index (χ4v) is 2.95. The van der Waals surface area contributed by atoms with Crippen molar-refractivity contribution in [3.63, 3.8) is 0 Å². The maximum absolute atomic E-state index is 12.8. The lowest BCUT2D eigenvalue weighted by Crippen LogP contribution is -2.14. The lowest BCUT2D eigenvalue weighted by Gasteiger charge is -2.04. The molecule has 0 saturated carbocycles. The molecule has 2 aromatic heterocycles. The molecule has 1 N–H and O–H groups in total. The smallest absolute Gasteiger partial charge is 0.342 e. The molecule has 0 aliphatic heterocycles. The molecule has 0 bridgehead atoms. The molecule has 2 aromatic carbocycles. The van der Waals surface area contributed by atoms with E-state index in [2.05, 4.69) is 10.1 Å². The Labute approximate surface area is 167 Å². The second-order valence-corrected chi connectivity index (χ2v) is 6.62. The minimum absolute atomic E-state index is 0.296. The lowest BCUT2D eigenvalue weighted by molar-refractivity contribution is 0.0474. The lowest BCUT2D eigenvalue weighted by atomic mass is 10.1. The van der Waals surface area contributed by atoms with E-state index in [9.17, 15) is 9.59 Å². The van der Waals surface area contributed by atoms with Crippen molar-refractivity contribution in [1.29, 1.82) is 0 Å². The van der Waals surface area contributed by atoms with Crippen LogP contribution in [0, 0.1) is 6.92 Å². The van der Waals surface area contributed by atoms with Crippen molar-refractivity contribution in [2.45, 2.75) is 6.92 Å². The molecule has 2 heterocycles. The van der Waals surface area contributed by atoms with Crippen molar-refractivity contribution in [3.8, 4) is 16.9 Å². The molecule has 0 fully saturated rings. The summed E-state index contributed by atoms with van der Waals surface area (Å²) in [6, 6.07) is 20.6. The predicted molar refractivity (Wildman–Crippen MR) is 109 cm³/mol. The van der Waals surface area contributed by atoms with E-state index in [1.54, 1.807) is 29.2 Å². The van der Waals surface area contributed by atoms with Crippen LogP contribution < -0.4 is 0 Å². The highest BCUT2D eigenvalue weighted by Gasteiger charge is 2.21. The first-order chi connectivity index (χ1) is 14.1. The summed E-state index contributed by atoms with van der Waals surface area (Å²) in [5, 5.41) is 4.60. The van der Waals surface area contributed by atoms with Crippen LogP contribution in [0.5, 0.6) is 0 Å². The van der Waals surface area contributed by atoms with Crippen LogP contribution in [0.3, 0.4) is 0 Å². The number of hydrogen-bond acceptors (Lipinski definition) is 4. The summed E-state index contributed by atoms with van der Waals surface area (Å²) >= 11 is 0. The van der Waals surface area contributed by atoms with Crippen LogP contribution in [0.15, 0.2) is 79.1 Å². The van der Waals surface area contributed by atoms with E-state index in [0.29, 0.717) is 17.0 Å². The molecule has 6 heteroatoms. The summed E-state index contributed by atoms with van der Waals surface area (Å²) in [6.07, 6.45) is 3.28. The number of aryl methyl sites for hydroxylation is 1. The highest BCUT2D eigenvalue weighted by atomic mass is 16.5. The number of aromatic amines is 1. The highest BCUT2D eigenvalue weighted by molar-refractivity contribution is 6.00. The van der Waals surface area contributed by atoms with Crippen LogP contribution in [0.4, 0.5) is 0 Å². The second-order valence-electron chi connectivity index (χ2n) is 6.62. The molecule has 0 unspecified atom stereocenters. The SMILES string of the molecule is Cc1ccc(-c2nn(-c3ccccc3)cc2C(=O)OCC(=O)c2ccc[nH]2)cc1. The number of hydrogen-bond donors (Lipinski definition) is 1. The number of nitrogens with zero attached hydrogens (tertiary/aromatic N) is 2. The van der Waals surface area contributed by atoms with Gasteiger partial charge in [-0.15, -0.1) is 0 Å². The summed E-state index contributed by atoms with van der Waals surface area (Å²) < 4.78 is 6.92. The zero-order valence-electron chi connectivity index (χ0n) is 15.8. The summed E-state index contributed by atoms with van der Waals surface area (Å²) in [4.78, 5) is 27.7. The number of carbonyl (C=O) groups excluding carboxylic acids is 2. The summed E-state index contributed by atoms with van der Waals surface area (Å²) in [5.41, 5.74) is 3.94. The van der Waals surface area contributed by atoms with E-state index in [0.717, 1.165) is 16.8 Å². The molecule has 0 aliphatic rings. The quantitative estimate of drug-likeness (QED) is 0.398. The monoisotopic (exact) mass is 385 g/mol. The van der Waals surface area contributed by atoms with Gasteiger partial charge in [-0.2, -0.15) is 5.10 Å². The van der Waals surface area contributed by atoms with E-state index in [-0.39, 0.29) is 12.4 Å². The van der Waals surface area contributed by atoms with E-state index in [1.807, 2.05) is 61.5 Å². The van der Waals surface area contributed by atoms with Crippen LogP contribution >= 0.6 is 0 Å². The average molecular weight is 385 g/mol. The van der Waals surface area contributed by atoms with Gasteiger partial charge in [0.1, 0.15) is 11.3 Å². The van der Waals surface area contributed by atoms with Gasteiger partial charge in [-0.25, -0.2) is 9.48 Å². The maximum Gasteiger partial charge on any atom is 0.342 e. The Morgan fingerprint density at radius 2 is 1.76 bits per heavy atom. The molecule has 29 heavy (non-hydrogen) atoms. The molecule has 0 saturated heterocycles. The van der Waals surface area contributed by atoms with Gasteiger partial charge in [0.25, 0.3) is 0 Å². The van der Waals surface area contributed by atoms with Gasteiger partial charge >= 0.3 is 5.97 Å². The largest absolute Gasteiger partial charge is 0.454 e. The Hall–Kier alpha value is -3.93. The number of esters is 1. The first-order valence-electron chi connectivity index (χ1n) is 9.17. The molecule has 0 amide bonds. The number of H-pyrrole nitrogens is 1. The van der Waals surface area contributed by atoms with Gasteiger partial charge < -0.3 is 9.72 Å². The van der Waals surface area contributed by atoms with E-state index in [1.165, 1.54) is 0 Å². The summed E-state index contributed by atoms with van der Waals surface area (Å²) in [6.45, 7) is 1.65. The topological polar surface area (TPSA) is 77.0 Å². The van der Waals surface area contributed by atoms with Gasteiger partial charge in [0.2, 0.25) is 5.78 Å². The normalized spacial score (nSPS) is 10.7. The Morgan fingerprint density at radius 1 is 1.00 bits per heavy atom. The van der Waals surface area contributed by atoms with Crippen LogP contribution in [-0.2, 0) is 4.74 Å². The molecule has 6 nitrogen and oxygen atoms in total. The number of nitrogens with one attached hydrogen (secondary N) is 1. The Bertz CT molecular complexity index is 1130. The summed E-state index contributed by atoms with van der Waals surface area (Å²) in [7, 11) is 0. The fourth-order valence-electron chi connectivity index (χ4n) is 2.95. The number of carbonyl (C=O) groups is 2. The van der Waals surface area contributed by atoms with Gasteiger partial charge in [-0.1, -0.05) is 48.0 Å². The van der Waals surface area contributed by atoms with Crippen LogP contribution in [0.2, 0.25) is 0 Å². The number of ether oxygens (including phenoxy) is 1. The average Bonchev–Trinajstić information content (AvgIpc) is 3.43. The van der Waals surface area contributed by atoms with Gasteiger partial charge in [0.15, 0.2) is 6.61 Å². The minimum Gasteiger partial charge on any atom is -0.454 e. The standard InChI is InChI=1S/C23H19N3O3/c1-16-9-11-17(12-10-16)22-19(14-26(25-22)18-6-3-2-4-7-18)23(28)29-15-21(27)20-8-5-13-24-20/h2-14,24H,15H2,1H3. The van der Waals surface area contributed by atoms with E-state index < -0.39 is 5.97 Å². The van der Waals surface area contributed by atoms with Crippen LogP contribution in [0.25, 0.3) is 16.9 Å². The first-order valence-corrected chi connectivity index (χ1v) is 9.17. The first kappa shape index (κ1) is 18.4. The Balaban J connectivity index is 1.65. The van der Waals surface area contributed by atoms with Gasteiger partial charge in [0.05, 0.1) is 11.4 Å².